The first-order chi connectivity index (χ1) is 3.41. The maximum absolute atomic E-state index is 3.80. The molecular formula is C6H11N. The van der Waals surface area contributed by atoms with Crippen molar-refractivity contribution in [3.8, 4) is 0 Å². The van der Waals surface area contributed by atoms with Gasteiger partial charge in [-0.2, -0.15) is 0 Å². The Morgan fingerprint density at radius 3 is 2.71 bits per heavy atom. The number of nitrogens with zero attached hydrogens (tertiary/aromatic N) is 1. The van der Waals surface area contributed by atoms with Crippen LogP contribution in [0.4, 0.5) is 0 Å². The molecule has 0 aromatic heterocycles. The molecule has 0 heterocycles. The summed E-state index contributed by atoms with van der Waals surface area (Å²) in [6.07, 6.45) is 6.92. The van der Waals surface area contributed by atoms with Gasteiger partial charge in [-0.3, -0.25) is 0 Å². The summed E-state index contributed by atoms with van der Waals surface area (Å²) in [5, 5.41) is 0. The third-order valence-electron chi connectivity index (χ3n) is 0.660. The summed E-state index contributed by atoms with van der Waals surface area (Å²) in [5.74, 6) is 0. The standard InChI is InChI=1S/C6H11N/c1-3-4-5-6-7-2/h3-4,6H,5H2,1-2H3/b4-3+,7-6?. The molecule has 0 rings (SSSR count). The van der Waals surface area contributed by atoms with Gasteiger partial charge in [0.15, 0.2) is 0 Å². The second-order valence-electron chi connectivity index (χ2n) is 1.25. The van der Waals surface area contributed by atoms with Crippen molar-refractivity contribution >= 4 is 6.21 Å². The van der Waals surface area contributed by atoms with Crippen LogP contribution in [0.1, 0.15) is 13.3 Å². The van der Waals surface area contributed by atoms with Crippen LogP contribution in [0.25, 0.3) is 0 Å². The quantitative estimate of drug-likeness (QED) is 0.367. The Balaban J connectivity index is 2.98. The third-order valence-corrected chi connectivity index (χ3v) is 0.660. The van der Waals surface area contributed by atoms with Gasteiger partial charge in [0.1, 0.15) is 0 Å². The summed E-state index contributed by atoms with van der Waals surface area (Å²) in [4.78, 5) is 3.80. The molecule has 0 aliphatic rings. The van der Waals surface area contributed by atoms with Crippen LogP contribution in [0.15, 0.2) is 17.1 Å². The Bertz CT molecular complexity index is 62.2. The SMILES string of the molecule is C/C=C/CC=NC. The average molecular weight is 97.2 g/mol. The molecule has 0 aliphatic carbocycles. The van der Waals surface area contributed by atoms with Crippen molar-refractivity contribution in [3.63, 3.8) is 0 Å². The van der Waals surface area contributed by atoms with E-state index in [9.17, 15) is 0 Å². The van der Waals surface area contributed by atoms with Crippen LogP contribution < -0.4 is 0 Å². The van der Waals surface area contributed by atoms with E-state index in [1.165, 1.54) is 0 Å². The number of hydrogen-bond donors (Lipinski definition) is 0. The summed E-state index contributed by atoms with van der Waals surface area (Å²) in [6, 6.07) is 0. The van der Waals surface area contributed by atoms with Crippen LogP contribution in [0, 0.1) is 0 Å². The minimum atomic E-state index is 0.965. The highest BCUT2D eigenvalue weighted by atomic mass is 14.6. The Hall–Kier alpha value is -0.590. The van der Waals surface area contributed by atoms with E-state index in [-0.39, 0.29) is 0 Å². The van der Waals surface area contributed by atoms with Crippen molar-refractivity contribution < 1.29 is 0 Å². The normalized spacial score (nSPS) is 11.7. The first kappa shape index (κ1) is 6.41. The molecule has 0 aromatic carbocycles. The van der Waals surface area contributed by atoms with Gasteiger partial charge in [-0.15, -0.1) is 0 Å². The fraction of sp³-hybridized carbons (Fsp3) is 0.500. The molecule has 0 spiro atoms. The molecule has 0 unspecified atom stereocenters. The molecule has 0 N–H and O–H groups in total. The molecule has 0 bridgehead atoms. The lowest BCUT2D eigenvalue weighted by molar-refractivity contribution is 1.40. The van der Waals surface area contributed by atoms with Crippen molar-refractivity contribution in [2.75, 3.05) is 7.05 Å². The van der Waals surface area contributed by atoms with E-state index in [2.05, 4.69) is 11.1 Å². The fourth-order valence-electron chi connectivity index (χ4n) is 0.302. The highest BCUT2D eigenvalue weighted by Crippen LogP contribution is 1.74. The summed E-state index contributed by atoms with van der Waals surface area (Å²) in [6.45, 7) is 2.00. The smallest absolute Gasteiger partial charge is 0.0273 e. The van der Waals surface area contributed by atoms with Crippen LogP contribution >= 0.6 is 0 Å². The molecule has 0 saturated heterocycles. The third kappa shape index (κ3) is 5.41. The van der Waals surface area contributed by atoms with Crippen molar-refractivity contribution in [1.29, 1.82) is 0 Å². The number of hydrogen-bond acceptors (Lipinski definition) is 1. The number of aliphatic imine (C=N–C) groups is 1. The van der Waals surface area contributed by atoms with Crippen LogP contribution in [-0.4, -0.2) is 13.3 Å². The Morgan fingerprint density at radius 1 is 1.57 bits per heavy atom. The summed E-state index contributed by atoms with van der Waals surface area (Å²) < 4.78 is 0. The molecule has 0 atom stereocenters. The van der Waals surface area contributed by atoms with Gasteiger partial charge in [0.25, 0.3) is 0 Å². The summed E-state index contributed by atoms with van der Waals surface area (Å²) >= 11 is 0. The van der Waals surface area contributed by atoms with E-state index in [4.69, 9.17) is 0 Å². The van der Waals surface area contributed by atoms with Crippen LogP contribution in [0.3, 0.4) is 0 Å². The van der Waals surface area contributed by atoms with E-state index >= 15 is 0 Å². The zero-order valence-electron chi connectivity index (χ0n) is 4.89. The number of allylic oxidation sites excluding steroid dienone is 2. The van der Waals surface area contributed by atoms with Gasteiger partial charge in [-0.25, -0.2) is 0 Å². The van der Waals surface area contributed by atoms with Gasteiger partial charge < -0.3 is 4.99 Å². The largest absolute Gasteiger partial charge is 0.301 e. The predicted molar refractivity (Wildman–Crippen MR) is 33.8 cm³/mol. The predicted octanol–water partition coefficient (Wildman–Crippen LogP) is 1.65. The second-order valence-corrected chi connectivity index (χ2v) is 1.25. The molecule has 0 amide bonds. The summed E-state index contributed by atoms with van der Waals surface area (Å²) in [7, 11) is 1.78. The van der Waals surface area contributed by atoms with Crippen LogP contribution in [0.5, 0.6) is 0 Å². The molecular weight excluding hydrogens is 86.1 g/mol. The van der Waals surface area contributed by atoms with E-state index in [0.29, 0.717) is 0 Å². The highest BCUT2D eigenvalue weighted by Gasteiger charge is 1.62. The van der Waals surface area contributed by atoms with E-state index in [1.807, 2.05) is 19.2 Å². The zero-order valence-corrected chi connectivity index (χ0v) is 4.89. The first-order valence-electron chi connectivity index (χ1n) is 2.43. The topological polar surface area (TPSA) is 12.4 Å². The maximum Gasteiger partial charge on any atom is 0.0273 e. The average Bonchev–Trinajstić information content (AvgIpc) is 1.69. The van der Waals surface area contributed by atoms with Crippen LogP contribution in [0.2, 0.25) is 0 Å². The Kier molecular flexibility index (Phi) is 4.95. The lowest BCUT2D eigenvalue weighted by Gasteiger charge is -1.73. The van der Waals surface area contributed by atoms with Gasteiger partial charge in [0, 0.05) is 19.7 Å². The Morgan fingerprint density at radius 2 is 2.29 bits per heavy atom. The molecule has 1 heteroatoms. The molecule has 0 aliphatic heterocycles. The summed E-state index contributed by atoms with van der Waals surface area (Å²) in [5.41, 5.74) is 0. The zero-order chi connectivity index (χ0) is 5.54. The lowest BCUT2D eigenvalue weighted by atomic mass is 10.4. The lowest BCUT2D eigenvalue weighted by Crippen LogP contribution is -1.65. The van der Waals surface area contributed by atoms with Crippen molar-refractivity contribution in [2.24, 2.45) is 4.99 Å². The van der Waals surface area contributed by atoms with Gasteiger partial charge in [0.05, 0.1) is 0 Å². The molecule has 7 heavy (non-hydrogen) atoms. The van der Waals surface area contributed by atoms with Gasteiger partial charge in [-0.05, 0) is 6.92 Å². The number of rotatable bonds is 2. The molecule has 0 aromatic rings. The molecule has 1 nitrogen and oxygen atoms in total. The molecule has 0 saturated carbocycles. The van der Waals surface area contributed by atoms with E-state index in [0.717, 1.165) is 6.42 Å². The second kappa shape index (κ2) is 5.41. The van der Waals surface area contributed by atoms with Gasteiger partial charge in [0.2, 0.25) is 0 Å². The van der Waals surface area contributed by atoms with Crippen LogP contribution in [-0.2, 0) is 0 Å². The van der Waals surface area contributed by atoms with Gasteiger partial charge >= 0.3 is 0 Å². The van der Waals surface area contributed by atoms with Crippen molar-refractivity contribution in [1.82, 2.24) is 0 Å². The van der Waals surface area contributed by atoms with E-state index < -0.39 is 0 Å². The minimum Gasteiger partial charge on any atom is -0.301 e. The minimum absolute atomic E-state index is 0.965. The van der Waals surface area contributed by atoms with Crippen molar-refractivity contribution in [2.45, 2.75) is 13.3 Å². The van der Waals surface area contributed by atoms with E-state index in [1.54, 1.807) is 7.05 Å². The van der Waals surface area contributed by atoms with Crippen molar-refractivity contribution in [3.05, 3.63) is 12.2 Å². The molecule has 0 radical (unpaired) electrons. The van der Waals surface area contributed by atoms with Gasteiger partial charge in [-0.1, -0.05) is 12.2 Å². The molecule has 40 valence electrons. The monoisotopic (exact) mass is 97.1 g/mol. The first-order valence-corrected chi connectivity index (χ1v) is 2.43. The maximum atomic E-state index is 3.80. The highest BCUT2D eigenvalue weighted by molar-refractivity contribution is 5.58. The fourth-order valence-corrected chi connectivity index (χ4v) is 0.302. The molecule has 0 fully saturated rings. The Labute approximate surface area is 44.8 Å².